The summed E-state index contributed by atoms with van der Waals surface area (Å²) in [4.78, 5) is 23.5. The molecule has 9 nitrogen and oxygen atoms in total. The Morgan fingerprint density at radius 2 is 1.84 bits per heavy atom. The fourth-order valence-corrected chi connectivity index (χ4v) is 4.33. The van der Waals surface area contributed by atoms with Gasteiger partial charge in [0.15, 0.2) is 4.90 Å². The molecule has 0 aliphatic carbocycles. The van der Waals surface area contributed by atoms with Crippen LogP contribution in [0.5, 0.6) is 0 Å². The van der Waals surface area contributed by atoms with Gasteiger partial charge in [-0.05, 0) is 27.7 Å². The maximum atomic E-state index is 12.7. The number of rotatable bonds is 5. The van der Waals surface area contributed by atoms with Crippen molar-refractivity contribution in [3.05, 3.63) is 44.0 Å². The van der Waals surface area contributed by atoms with Crippen LogP contribution in [0.2, 0.25) is 0 Å². The SMILES string of the molecule is CCn1nc(C)c([C@@H](C)NS(=O)(=O)c2cn(C)c(=O)n(C)c2=O)c1C. The molecule has 0 unspecified atom stereocenters. The quantitative estimate of drug-likeness (QED) is 0.795. The molecule has 0 saturated heterocycles. The largest absolute Gasteiger partial charge is 0.330 e. The summed E-state index contributed by atoms with van der Waals surface area (Å²) in [6.45, 7) is 8.00. The van der Waals surface area contributed by atoms with Crippen molar-refractivity contribution in [3.63, 3.8) is 0 Å². The van der Waals surface area contributed by atoms with Crippen molar-refractivity contribution in [2.45, 2.75) is 45.2 Å². The van der Waals surface area contributed by atoms with E-state index < -0.39 is 32.2 Å². The summed E-state index contributed by atoms with van der Waals surface area (Å²) in [5, 5.41) is 4.38. The van der Waals surface area contributed by atoms with E-state index >= 15 is 0 Å². The van der Waals surface area contributed by atoms with Gasteiger partial charge in [0.1, 0.15) is 0 Å². The second-order valence-corrected chi connectivity index (χ2v) is 7.68. The lowest BCUT2D eigenvalue weighted by molar-refractivity contribution is 0.556. The van der Waals surface area contributed by atoms with E-state index in [2.05, 4.69) is 9.82 Å². The molecule has 1 N–H and O–H groups in total. The molecule has 2 aromatic heterocycles. The van der Waals surface area contributed by atoms with Gasteiger partial charge in [-0.2, -0.15) is 5.10 Å². The zero-order chi connectivity index (χ0) is 19.1. The van der Waals surface area contributed by atoms with Gasteiger partial charge < -0.3 is 4.57 Å². The van der Waals surface area contributed by atoms with E-state index in [0.29, 0.717) is 6.54 Å². The minimum Gasteiger partial charge on any atom is -0.302 e. The lowest BCUT2D eigenvalue weighted by Crippen LogP contribution is -2.41. The molecule has 1 atom stereocenters. The highest BCUT2D eigenvalue weighted by atomic mass is 32.2. The first-order chi connectivity index (χ1) is 11.5. The molecular weight excluding hydrogens is 346 g/mol. The Labute approximate surface area is 146 Å². The van der Waals surface area contributed by atoms with E-state index in [0.717, 1.165) is 32.3 Å². The zero-order valence-electron chi connectivity index (χ0n) is 15.2. The van der Waals surface area contributed by atoms with Crippen molar-refractivity contribution in [2.75, 3.05) is 0 Å². The first-order valence-electron chi connectivity index (χ1n) is 7.84. The van der Waals surface area contributed by atoms with Crippen molar-refractivity contribution in [3.8, 4) is 0 Å². The molecule has 2 aromatic rings. The summed E-state index contributed by atoms with van der Waals surface area (Å²) in [5.41, 5.74) is 0.909. The Morgan fingerprint density at radius 1 is 1.24 bits per heavy atom. The van der Waals surface area contributed by atoms with Crippen molar-refractivity contribution in [1.29, 1.82) is 0 Å². The molecule has 0 fully saturated rings. The van der Waals surface area contributed by atoms with Crippen LogP contribution in [0.1, 0.15) is 36.8 Å². The third kappa shape index (κ3) is 3.31. The van der Waals surface area contributed by atoms with Gasteiger partial charge in [-0.15, -0.1) is 0 Å². The number of hydrogen-bond acceptors (Lipinski definition) is 5. The molecule has 138 valence electrons. The van der Waals surface area contributed by atoms with Crippen LogP contribution in [-0.4, -0.2) is 27.3 Å². The van der Waals surface area contributed by atoms with Crippen molar-refractivity contribution in [1.82, 2.24) is 23.6 Å². The number of hydrogen-bond donors (Lipinski definition) is 1. The van der Waals surface area contributed by atoms with Gasteiger partial charge in [0.2, 0.25) is 10.0 Å². The normalized spacial score (nSPS) is 13.2. The van der Waals surface area contributed by atoms with E-state index in [9.17, 15) is 18.0 Å². The van der Waals surface area contributed by atoms with Crippen molar-refractivity contribution < 1.29 is 8.42 Å². The highest BCUT2D eigenvalue weighted by molar-refractivity contribution is 7.89. The van der Waals surface area contributed by atoms with Crippen LogP contribution in [0, 0.1) is 13.8 Å². The number of nitrogens with zero attached hydrogens (tertiary/aromatic N) is 4. The van der Waals surface area contributed by atoms with E-state index in [1.54, 1.807) is 11.6 Å². The van der Waals surface area contributed by atoms with E-state index in [4.69, 9.17) is 0 Å². The topological polar surface area (TPSA) is 108 Å². The van der Waals surface area contributed by atoms with Crippen LogP contribution >= 0.6 is 0 Å². The summed E-state index contributed by atoms with van der Waals surface area (Å²) in [7, 11) is -1.48. The number of aromatic nitrogens is 4. The van der Waals surface area contributed by atoms with Gasteiger partial charge >= 0.3 is 5.69 Å². The van der Waals surface area contributed by atoms with Crippen molar-refractivity contribution in [2.24, 2.45) is 14.1 Å². The van der Waals surface area contributed by atoms with Crippen molar-refractivity contribution >= 4 is 10.0 Å². The Hall–Kier alpha value is -2.20. The van der Waals surface area contributed by atoms with Gasteiger partial charge in [-0.3, -0.25) is 14.0 Å². The molecule has 25 heavy (non-hydrogen) atoms. The van der Waals surface area contributed by atoms with Crippen LogP contribution in [0.25, 0.3) is 0 Å². The molecule has 10 heteroatoms. The first-order valence-corrected chi connectivity index (χ1v) is 9.32. The fourth-order valence-electron chi connectivity index (χ4n) is 2.96. The number of sulfonamides is 1. The molecule has 2 rings (SSSR count). The van der Waals surface area contributed by atoms with Gasteiger partial charge in [-0.25, -0.2) is 17.9 Å². The molecule has 0 spiro atoms. The average molecular weight is 369 g/mol. The fraction of sp³-hybridized carbons (Fsp3) is 0.533. The molecule has 0 aliphatic rings. The molecule has 0 aromatic carbocycles. The minimum atomic E-state index is -4.11. The van der Waals surface area contributed by atoms with Crippen LogP contribution < -0.4 is 16.0 Å². The Bertz CT molecular complexity index is 1030. The van der Waals surface area contributed by atoms with Crippen LogP contribution in [0.15, 0.2) is 20.7 Å². The highest BCUT2D eigenvalue weighted by Gasteiger charge is 2.26. The third-order valence-electron chi connectivity index (χ3n) is 4.21. The maximum absolute atomic E-state index is 12.7. The molecule has 0 aliphatic heterocycles. The Kier molecular flexibility index (Phi) is 5.05. The maximum Gasteiger partial charge on any atom is 0.330 e. The standard InChI is InChI=1S/C15H23N5O4S/c1-7-20-11(4)13(9(2)16-20)10(3)17-25(23,24)12-8-18(5)15(22)19(6)14(12)21/h8,10,17H,7H2,1-6H3/t10-/m1/s1. The van der Waals surface area contributed by atoms with Gasteiger partial charge in [0, 0.05) is 44.1 Å². The molecule has 0 saturated carbocycles. The lowest BCUT2D eigenvalue weighted by Gasteiger charge is -2.16. The second-order valence-electron chi connectivity index (χ2n) is 5.99. The highest BCUT2D eigenvalue weighted by Crippen LogP contribution is 2.22. The molecule has 2 heterocycles. The minimum absolute atomic E-state index is 0.470. The van der Waals surface area contributed by atoms with Crippen LogP contribution in [-0.2, 0) is 30.7 Å². The summed E-state index contributed by atoms with van der Waals surface area (Å²) in [6, 6.07) is -0.577. The second kappa shape index (κ2) is 6.60. The Morgan fingerprint density at radius 3 is 2.36 bits per heavy atom. The lowest BCUT2D eigenvalue weighted by atomic mass is 10.1. The van der Waals surface area contributed by atoms with Gasteiger partial charge in [-0.1, -0.05) is 0 Å². The summed E-state index contributed by atoms with van der Waals surface area (Å²) >= 11 is 0. The zero-order valence-corrected chi connectivity index (χ0v) is 16.0. The predicted molar refractivity (Wildman–Crippen MR) is 93.0 cm³/mol. The Balaban J connectivity index is 2.49. The monoisotopic (exact) mass is 369 g/mol. The summed E-state index contributed by atoms with van der Waals surface area (Å²) in [5.74, 6) is 0. The number of aryl methyl sites for hydroxylation is 3. The van der Waals surface area contributed by atoms with E-state index in [-0.39, 0.29) is 0 Å². The smallest absolute Gasteiger partial charge is 0.302 e. The first kappa shape index (κ1) is 19.1. The average Bonchev–Trinajstić information content (AvgIpc) is 2.82. The van der Waals surface area contributed by atoms with E-state index in [1.807, 2.05) is 20.8 Å². The van der Waals surface area contributed by atoms with Gasteiger partial charge in [0.05, 0.1) is 5.69 Å². The molecular formula is C15H23N5O4S. The summed E-state index contributed by atoms with van der Waals surface area (Å²) < 4.78 is 31.5. The number of nitrogens with one attached hydrogen (secondary N) is 1. The van der Waals surface area contributed by atoms with E-state index in [1.165, 1.54) is 14.1 Å². The molecule has 0 radical (unpaired) electrons. The van der Waals surface area contributed by atoms with Crippen LogP contribution in [0.3, 0.4) is 0 Å². The van der Waals surface area contributed by atoms with Crippen LogP contribution in [0.4, 0.5) is 0 Å². The molecule has 0 amide bonds. The predicted octanol–water partition coefficient (Wildman–Crippen LogP) is -0.0433. The molecule has 0 bridgehead atoms. The summed E-state index contributed by atoms with van der Waals surface area (Å²) in [6.07, 6.45) is 1.04. The van der Waals surface area contributed by atoms with Gasteiger partial charge in [0.25, 0.3) is 5.56 Å². The third-order valence-corrected chi connectivity index (χ3v) is 5.73.